The second kappa shape index (κ2) is 3.17. The van der Waals surface area contributed by atoms with Crippen LogP contribution < -0.4 is 0 Å². The summed E-state index contributed by atoms with van der Waals surface area (Å²) in [4.78, 5) is 0. The molecule has 0 fully saturated rings. The Hall–Kier alpha value is -0.0265. The number of hydrogen-bond acceptors (Lipinski definition) is 0. The van der Waals surface area contributed by atoms with Gasteiger partial charge in [0.25, 0.3) is 0 Å². The van der Waals surface area contributed by atoms with Gasteiger partial charge in [-0.25, -0.2) is 0 Å². The van der Waals surface area contributed by atoms with Crippen LogP contribution in [0, 0.1) is 0 Å². The molecule has 0 aromatic heterocycles. The molecular formula is C5H6Ni+2. The molecule has 0 heterocycles. The molecule has 0 aromatic carbocycles. The summed E-state index contributed by atoms with van der Waals surface area (Å²) in [7, 11) is 0. The van der Waals surface area contributed by atoms with Crippen LogP contribution in [0.25, 0.3) is 0 Å². The van der Waals surface area contributed by atoms with Gasteiger partial charge < -0.3 is 0 Å². The van der Waals surface area contributed by atoms with Crippen molar-refractivity contribution < 1.29 is 16.5 Å². The van der Waals surface area contributed by atoms with Crippen LogP contribution in [0.4, 0.5) is 0 Å². The van der Waals surface area contributed by atoms with Gasteiger partial charge in [0.15, 0.2) is 0 Å². The predicted octanol–water partition coefficient (Wildman–Crippen LogP) is 1.50. The van der Waals surface area contributed by atoms with Gasteiger partial charge in [-0.1, -0.05) is 24.3 Å². The average molecular weight is 125 g/mol. The smallest absolute Gasteiger partial charge is 0.0808 e. The molecule has 1 aliphatic rings. The SMILES string of the molecule is C1=CCC=C1.[Ni+2]. The van der Waals surface area contributed by atoms with Crippen molar-refractivity contribution in [3.63, 3.8) is 0 Å². The zero-order valence-corrected chi connectivity index (χ0v) is 4.32. The first-order valence-electron chi connectivity index (χ1n) is 1.82. The van der Waals surface area contributed by atoms with Crippen LogP contribution in [-0.2, 0) is 16.5 Å². The molecular weight excluding hydrogens is 119 g/mol. The molecule has 0 nitrogen and oxygen atoms in total. The summed E-state index contributed by atoms with van der Waals surface area (Å²) in [5.74, 6) is 0. The van der Waals surface area contributed by atoms with Gasteiger partial charge in [0.05, 0.1) is 0 Å². The molecule has 1 rings (SSSR count). The summed E-state index contributed by atoms with van der Waals surface area (Å²) < 4.78 is 0. The van der Waals surface area contributed by atoms with Crippen molar-refractivity contribution in [3.05, 3.63) is 24.3 Å². The van der Waals surface area contributed by atoms with Crippen molar-refractivity contribution in [1.82, 2.24) is 0 Å². The van der Waals surface area contributed by atoms with E-state index in [0.717, 1.165) is 6.42 Å². The maximum absolute atomic E-state index is 2.12. The molecule has 0 spiro atoms. The minimum atomic E-state index is 0. The van der Waals surface area contributed by atoms with E-state index in [9.17, 15) is 0 Å². The van der Waals surface area contributed by atoms with Crippen LogP contribution in [0.1, 0.15) is 6.42 Å². The molecule has 34 valence electrons. The minimum absolute atomic E-state index is 0. The van der Waals surface area contributed by atoms with Crippen molar-refractivity contribution in [2.24, 2.45) is 0 Å². The summed E-state index contributed by atoms with van der Waals surface area (Å²) in [5.41, 5.74) is 0. The third-order valence-corrected chi connectivity index (χ3v) is 0.655. The fraction of sp³-hybridized carbons (Fsp3) is 0.200. The zero-order valence-electron chi connectivity index (χ0n) is 3.33. The van der Waals surface area contributed by atoms with Gasteiger partial charge in [0.2, 0.25) is 0 Å². The van der Waals surface area contributed by atoms with Gasteiger partial charge >= 0.3 is 16.5 Å². The topological polar surface area (TPSA) is 0 Å². The average Bonchev–Trinajstić information content (AvgIpc) is 1.76. The molecule has 0 unspecified atom stereocenters. The van der Waals surface area contributed by atoms with E-state index >= 15 is 0 Å². The fourth-order valence-electron chi connectivity index (χ4n) is 0.393. The quantitative estimate of drug-likeness (QED) is 0.430. The van der Waals surface area contributed by atoms with Crippen molar-refractivity contribution in [1.29, 1.82) is 0 Å². The van der Waals surface area contributed by atoms with Crippen molar-refractivity contribution in [3.8, 4) is 0 Å². The van der Waals surface area contributed by atoms with Crippen molar-refractivity contribution >= 4 is 0 Å². The van der Waals surface area contributed by atoms with E-state index < -0.39 is 0 Å². The first-order chi connectivity index (χ1) is 2.50. The maximum Gasteiger partial charge on any atom is 2.00 e. The van der Waals surface area contributed by atoms with E-state index in [-0.39, 0.29) is 16.5 Å². The van der Waals surface area contributed by atoms with Crippen LogP contribution in [0.5, 0.6) is 0 Å². The largest absolute Gasteiger partial charge is 2.00 e. The first kappa shape index (κ1) is 5.97. The molecule has 0 radical (unpaired) electrons. The van der Waals surface area contributed by atoms with E-state index in [1.54, 1.807) is 0 Å². The van der Waals surface area contributed by atoms with Gasteiger partial charge in [-0.2, -0.15) is 0 Å². The Bertz CT molecular complexity index is 62.0. The molecule has 0 aliphatic heterocycles. The van der Waals surface area contributed by atoms with Crippen molar-refractivity contribution in [2.45, 2.75) is 6.42 Å². The molecule has 1 heteroatoms. The Morgan fingerprint density at radius 2 is 1.50 bits per heavy atom. The maximum atomic E-state index is 2.12. The normalized spacial score (nSPS) is 14.7. The Kier molecular flexibility index (Phi) is 3.16. The molecule has 0 bridgehead atoms. The monoisotopic (exact) mass is 124 g/mol. The van der Waals surface area contributed by atoms with Crippen LogP contribution in [-0.4, -0.2) is 0 Å². The van der Waals surface area contributed by atoms with Crippen LogP contribution in [0.2, 0.25) is 0 Å². The fourth-order valence-corrected chi connectivity index (χ4v) is 0.393. The molecule has 6 heavy (non-hydrogen) atoms. The van der Waals surface area contributed by atoms with E-state index in [4.69, 9.17) is 0 Å². The summed E-state index contributed by atoms with van der Waals surface area (Å²) >= 11 is 0. The van der Waals surface area contributed by atoms with E-state index in [2.05, 4.69) is 24.3 Å². The van der Waals surface area contributed by atoms with Gasteiger partial charge in [0, 0.05) is 0 Å². The standard InChI is InChI=1S/C5H6.Ni/c1-2-4-5-3-1;/h1-4H,5H2;/q;+2. The number of rotatable bonds is 0. The number of hydrogen-bond donors (Lipinski definition) is 0. The Balaban J connectivity index is 0.000000250. The molecule has 1 aliphatic carbocycles. The summed E-state index contributed by atoms with van der Waals surface area (Å²) in [6, 6.07) is 0. The molecule has 0 saturated heterocycles. The molecule has 0 amide bonds. The molecule has 0 aromatic rings. The van der Waals surface area contributed by atoms with Gasteiger partial charge in [-0.05, 0) is 6.42 Å². The molecule has 0 atom stereocenters. The van der Waals surface area contributed by atoms with Crippen LogP contribution in [0.15, 0.2) is 24.3 Å². The van der Waals surface area contributed by atoms with Gasteiger partial charge in [-0.15, -0.1) is 0 Å². The Morgan fingerprint density at radius 3 is 1.67 bits per heavy atom. The van der Waals surface area contributed by atoms with Gasteiger partial charge in [0.1, 0.15) is 0 Å². The third kappa shape index (κ3) is 1.42. The second-order valence-electron chi connectivity index (χ2n) is 1.09. The number of allylic oxidation sites excluding steroid dienone is 4. The van der Waals surface area contributed by atoms with E-state index in [1.807, 2.05) is 0 Å². The minimum Gasteiger partial charge on any atom is -0.0808 e. The van der Waals surface area contributed by atoms with Crippen LogP contribution >= 0.6 is 0 Å². The molecule has 0 N–H and O–H groups in total. The predicted molar refractivity (Wildman–Crippen MR) is 22.9 cm³/mol. The Labute approximate surface area is 47.9 Å². The Morgan fingerprint density at radius 1 is 1.00 bits per heavy atom. The third-order valence-electron chi connectivity index (χ3n) is 0.655. The first-order valence-corrected chi connectivity index (χ1v) is 1.82. The van der Waals surface area contributed by atoms with Crippen molar-refractivity contribution in [2.75, 3.05) is 0 Å². The van der Waals surface area contributed by atoms with E-state index in [1.165, 1.54) is 0 Å². The van der Waals surface area contributed by atoms with Gasteiger partial charge in [-0.3, -0.25) is 0 Å². The van der Waals surface area contributed by atoms with Crippen LogP contribution in [0.3, 0.4) is 0 Å². The summed E-state index contributed by atoms with van der Waals surface area (Å²) in [6.45, 7) is 0. The van der Waals surface area contributed by atoms with E-state index in [0.29, 0.717) is 0 Å². The summed E-state index contributed by atoms with van der Waals surface area (Å²) in [5, 5.41) is 0. The molecule has 0 saturated carbocycles. The second-order valence-corrected chi connectivity index (χ2v) is 1.09. The zero-order chi connectivity index (χ0) is 3.54. The summed E-state index contributed by atoms with van der Waals surface area (Å²) in [6.07, 6.45) is 9.50.